The molecule has 4 nitrogen and oxygen atoms in total. The number of aliphatic imine (C=N–C) groups is 1. The van der Waals surface area contributed by atoms with E-state index in [0.717, 1.165) is 30.3 Å². The highest BCUT2D eigenvalue weighted by atomic mass is 35.5. The lowest BCUT2D eigenvalue weighted by Crippen LogP contribution is -2.61. The Labute approximate surface area is 184 Å². The van der Waals surface area contributed by atoms with Crippen molar-refractivity contribution in [2.75, 3.05) is 33.2 Å². The van der Waals surface area contributed by atoms with Crippen molar-refractivity contribution in [1.82, 2.24) is 9.80 Å². The molecule has 0 aromatic carbocycles. The fourth-order valence-electron chi connectivity index (χ4n) is 6.83. The Morgan fingerprint density at radius 3 is 2.07 bits per heavy atom. The molecular weight excluding hydrogens is 391 g/mol. The van der Waals surface area contributed by atoms with Gasteiger partial charge in [0.15, 0.2) is 5.96 Å². The summed E-state index contributed by atoms with van der Waals surface area (Å²) in [5, 5.41) is 0. The van der Waals surface area contributed by atoms with Crippen molar-refractivity contribution in [3.8, 4) is 0 Å². The Hall–Kier alpha value is -0.190. The van der Waals surface area contributed by atoms with E-state index < -0.39 is 0 Å². The van der Waals surface area contributed by atoms with Crippen molar-refractivity contribution < 1.29 is 0 Å². The van der Waals surface area contributed by atoms with Gasteiger partial charge in [-0.15, -0.1) is 24.8 Å². The summed E-state index contributed by atoms with van der Waals surface area (Å²) in [5.41, 5.74) is 6.78. The number of unbranched alkanes of at least 4 members (excludes halogenated alkanes) is 2. The number of rotatable bonds is 7. The van der Waals surface area contributed by atoms with Crippen molar-refractivity contribution in [2.45, 2.75) is 82.6 Å². The second-order valence-electron chi connectivity index (χ2n) is 9.90. The number of nitrogens with zero attached hydrogens (tertiary/aromatic N) is 3. The summed E-state index contributed by atoms with van der Waals surface area (Å²) >= 11 is 0. The van der Waals surface area contributed by atoms with Crippen LogP contribution >= 0.6 is 24.8 Å². The van der Waals surface area contributed by atoms with Gasteiger partial charge in [0.25, 0.3) is 0 Å². The number of piperidine rings is 1. The van der Waals surface area contributed by atoms with E-state index in [-0.39, 0.29) is 24.8 Å². The van der Waals surface area contributed by atoms with Crippen molar-refractivity contribution in [2.24, 2.45) is 28.5 Å². The number of likely N-dealkylation sites (tertiary alicyclic amines) is 1. The number of hydrogen-bond acceptors (Lipinski definition) is 2. The van der Waals surface area contributed by atoms with Gasteiger partial charge in [-0.25, -0.2) is 0 Å². The van der Waals surface area contributed by atoms with Crippen LogP contribution in [-0.2, 0) is 0 Å². The number of guanidine groups is 1. The minimum atomic E-state index is 0. The molecule has 164 valence electrons. The first-order chi connectivity index (χ1) is 12.6. The summed E-state index contributed by atoms with van der Waals surface area (Å²) in [7, 11) is 2.22. The molecule has 5 rings (SSSR count). The van der Waals surface area contributed by atoms with Crippen LogP contribution in [0, 0.1) is 17.8 Å². The highest BCUT2D eigenvalue weighted by Gasteiger charge is 2.53. The van der Waals surface area contributed by atoms with Crippen LogP contribution in [0.5, 0.6) is 0 Å². The lowest BCUT2D eigenvalue weighted by atomic mass is 9.52. The maximum Gasteiger partial charge on any atom is 0.191 e. The summed E-state index contributed by atoms with van der Waals surface area (Å²) in [4.78, 5) is 9.81. The first-order valence-electron chi connectivity index (χ1n) is 11.4. The van der Waals surface area contributed by atoms with Crippen molar-refractivity contribution >= 4 is 30.8 Å². The normalized spacial score (nSPS) is 34.6. The average molecular weight is 434 g/mol. The molecule has 5 fully saturated rings. The molecule has 28 heavy (non-hydrogen) atoms. The largest absolute Gasteiger partial charge is 0.370 e. The molecule has 0 aromatic rings. The summed E-state index contributed by atoms with van der Waals surface area (Å²) < 4.78 is 0. The second-order valence-corrected chi connectivity index (χ2v) is 9.90. The minimum absolute atomic E-state index is 0. The smallest absolute Gasteiger partial charge is 0.191 e. The monoisotopic (exact) mass is 432 g/mol. The van der Waals surface area contributed by atoms with E-state index in [9.17, 15) is 0 Å². The topological polar surface area (TPSA) is 44.9 Å². The van der Waals surface area contributed by atoms with E-state index in [1.807, 2.05) is 0 Å². The molecule has 0 radical (unpaired) electrons. The number of halogens is 2. The standard InChI is InChI=1S/C22H40N4.2ClH/c1-25(22-15-18-12-19(16-22)14-20(13-18)17-22)21(23)24-8-4-2-5-9-26-10-6-3-7-11-26;;/h18-20H,2-17H2,1H3,(H2,23,24);2*1H. The fourth-order valence-corrected chi connectivity index (χ4v) is 6.83. The zero-order chi connectivity index (χ0) is 18.0. The van der Waals surface area contributed by atoms with Crippen LogP contribution in [0.4, 0.5) is 0 Å². The number of hydrogen-bond donors (Lipinski definition) is 1. The Bertz CT molecular complexity index is 469. The van der Waals surface area contributed by atoms with Crippen LogP contribution in [0.2, 0.25) is 0 Å². The molecule has 2 N–H and O–H groups in total. The lowest BCUT2D eigenvalue weighted by Gasteiger charge is -2.60. The minimum Gasteiger partial charge on any atom is -0.370 e. The molecule has 4 bridgehead atoms. The van der Waals surface area contributed by atoms with Crippen molar-refractivity contribution in [3.05, 3.63) is 0 Å². The molecule has 4 saturated carbocycles. The molecule has 5 aliphatic rings. The molecule has 1 saturated heterocycles. The molecule has 0 unspecified atom stereocenters. The van der Waals surface area contributed by atoms with Gasteiger partial charge in [-0.1, -0.05) is 12.8 Å². The van der Waals surface area contributed by atoms with Gasteiger partial charge in [-0.05, 0) is 102 Å². The third kappa shape index (κ3) is 5.49. The van der Waals surface area contributed by atoms with Crippen LogP contribution in [0.15, 0.2) is 4.99 Å². The van der Waals surface area contributed by atoms with Crippen LogP contribution < -0.4 is 5.73 Å². The third-order valence-electron chi connectivity index (χ3n) is 7.92. The average Bonchev–Trinajstić information content (AvgIpc) is 2.63. The van der Waals surface area contributed by atoms with E-state index in [1.165, 1.54) is 96.7 Å². The predicted octanol–water partition coefficient (Wildman–Crippen LogP) is 4.70. The molecule has 0 amide bonds. The van der Waals surface area contributed by atoms with E-state index in [4.69, 9.17) is 10.7 Å². The Morgan fingerprint density at radius 1 is 0.929 bits per heavy atom. The number of nitrogens with two attached hydrogens (primary N) is 1. The molecule has 0 aromatic heterocycles. The van der Waals surface area contributed by atoms with Crippen molar-refractivity contribution in [3.63, 3.8) is 0 Å². The summed E-state index contributed by atoms with van der Waals surface area (Å²) in [5.74, 6) is 3.70. The fraction of sp³-hybridized carbons (Fsp3) is 0.955. The van der Waals surface area contributed by atoms with Gasteiger partial charge in [0.05, 0.1) is 0 Å². The van der Waals surface area contributed by atoms with Crippen LogP contribution in [0.1, 0.15) is 77.0 Å². The maximum absolute atomic E-state index is 6.44. The Morgan fingerprint density at radius 2 is 1.50 bits per heavy atom. The first-order valence-corrected chi connectivity index (χ1v) is 11.4. The van der Waals surface area contributed by atoms with Gasteiger partial charge < -0.3 is 15.5 Å². The van der Waals surface area contributed by atoms with Crippen LogP contribution in [-0.4, -0.2) is 54.5 Å². The first kappa shape index (κ1) is 24.1. The van der Waals surface area contributed by atoms with Crippen LogP contribution in [0.25, 0.3) is 0 Å². The summed E-state index contributed by atoms with van der Waals surface area (Å²) in [6.07, 6.45) is 16.6. The second kappa shape index (κ2) is 10.7. The molecule has 1 heterocycles. The highest BCUT2D eigenvalue weighted by molar-refractivity contribution is 5.85. The molecule has 0 spiro atoms. The SMILES string of the molecule is CN(C(N)=NCCCCCN1CCCCC1)C12CC3CC(CC(C3)C1)C2.Cl.Cl. The van der Waals surface area contributed by atoms with Gasteiger partial charge in [0, 0.05) is 19.1 Å². The van der Waals surface area contributed by atoms with E-state index in [0.29, 0.717) is 5.54 Å². The van der Waals surface area contributed by atoms with Gasteiger partial charge in [0.2, 0.25) is 0 Å². The zero-order valence-electron chi connectivity index (χ0n) is 17.8. The molecule has 6 heteroatoms. The van der Waals surface area contributed by atoms with E-state index in [1.54, 1.807) is 0 Å². The summed E-state index contributed by atoms with van der Waals surface area (Å²) in [6.45, 7) is 4.83. The molecular formula is C22H42Cl2N4. The van der Waals surface area contributed by atoms with Gasteiger partial charge >= 0.3 is 0 Å². The van der Waals surface area contributed by atoms with Gasteiger partial charge in [-0.3, -0.25) is 4.99 Å². The summed E-state index contributed by atoms with van der Waals surface area (Å²) in [6, 6.07) is 0. The van der Waals surface area contributed by atoms with E-state index in [2.05, 4.69) is 16.8 Å². The van der Waals surface area contributed by atoms with Gasteiger partial charge in [-0.2, -0.15) is 0 Å². The Kier molecular flexibility index (Phi) is 9.22. The van der Waals surface area contributed by atoms with Crippen molar-refractivity contribution in [1.29, 1.82) is 0 Å². The predicted molar refractivity (Wildman–Crippen MR) is 124 cm³/mol. The van der Waals surface area contributed by atoms with Crippen LogP contribution in [0.3, 0.4) is 0 Å². The highest BCUT2D eigenvalue weighted by Crippen LogP contribution is 2.57. The maximum atomic E-state index is 6.44. The lowest BCUT2D eigenvalue weighted by molar-refractivity contribution is -0.0550. The quantitative estimate of drug-likeness (QED) is 0.360. The molecule has 0 atom stereocenters. The molecule has 4 aliphatic carbocycles. The molecule has 1 aliphatic heterocycles. The Balaban J connectivity index is 0.00000140. The van der Waals surface area contributed by atoms with Gasteiger partial charge in [0.1, 0.15) is 0 Å². The third-order valence-corrected chi connectivity index (χ3v) is 7.92. The zero-order valence-corrected chi connectivity index (χ0v) is 19.4. The van der Waals surface area contributed by atoms with E-state index >= 15 is 0 Å².